The SMILES string of the molecule is C[C@H](Nc1nc(Nc2cn[nH]n2)nc2c1ccn2S(=O)(=O)Cc1ccccc1)C1CC1. The van der Waals surface area contributed by atoms with E-state index in [2.05, 4.69) is 42.9 Å². The molecule has 0 bridgehead atoms. The summed E-state index contributed by atoms with van der Waals surface area (Å²) in [7, 11) is -3.69. The predicted molar refractivity (Wildman–Crippen MR) is 117 cm³/mol. The zero-order valence-electron chi connectivity index (χ0n) is 16.9. The molecule has 1 atom stereocenters. The summed E-state index contributed by atoms with van der Waals surface area (Å²) in [6.07, 6.45) is 5.39. The minimum absolute atomic E-state index is 0.130. The van der Waals surface area contributed by atoms with Crippen molar-refractivity contribution < 1.29 is 8.42 Å². The monoisotopic (exact) mass is 438 g/mol. The Morgan fingerprint density at radius 2 is 2.00 bits per heavy atom. The Morgan fingerprint density at radius 1 is 1.19 bits per heavy atom. The van der Waals surface area contributed by atoms with Gasteiger partial charge in [0.2, 0.25) is 16.0 Å². The molecule has 5 rings (SSSR count). The van der Waals surface area contributed by atoms with Gasteiger partial charge in [-0.1, -0.05) is 30.3 Å². The van der Waals surface area contributed by atoms with E-state index in [-0.39, 0.29) is 17.7 Å². The molecule has 0 saturated heterocycles. The van der Waals surface area contributed by atoms with Crippen molar-refractivity contribution >= 4 is 38.6 Å². The molecule has 1 saturated carbocycles. The highest BCUT2D eigenvalue weighted by atomic mass is 32.2. The summed E-state index contributed by atoms with van der Waals surface area (Å²) >= 11 is 0. The molecular formula is C20H22N8O2S. The van der Waals surface area contributed by atoms with E-state index in [1.54, 1.807) is 18.2 Å². The second-order valence-corrected chi connectivity index (χ2v) is 9.58. The van der Waals surface area contributed by atoms with Crippen LogP contribution in [-0.4, -0.2) is 43.8 Å². The van der Waals surface area contributed by atoms with Crippen molar-refractivity contribution in [3.8, 4) is 0 Å². The number of aromatic nitrogens is 6. The Kier molecular flexibility index (Phi) is 4.81. The molecule has 1 fully saturated rings. The number of aromatic amines is 1. The summed E-state index contributed by atoms with van der Waals surface area (Å²) in [5, 5.41) is 17.3. The standard InChI is InChI=1S/C20H22N8O2S/c1-13(15-7-8-15)22-18-16-9-10-28(31(29,30)12-14-5-3-2-4-6-14)19(16)25-20(24-18)23-17-11-21-27-26-17/h2-6,9-11,13,15H,7-8,12H2,1H3,(H3,21,22,23,24,25,26,27)/t13-/m0/s1. The fourth-order valence-corrected chi connectivity index (χ4v) is 4.94. The third kappa shape index (κ3) is 4.08. The highest BCUT2D eigenvalue weighted by Gasteiger charge is 2.29. The first kappa shape index (κ1) is 19.5. The molecule has 3 N–H and O–H groups in total. The van der Waals surface area contributed by atoms with Crippen molar-refractivity contribution in [3.05, 3.63) is 54.4 Å². The lowest BCUT2D eigenvalue weighted by atomic mass is 10.2. The van der Waals surface area contributed by atoms with Gasteiger partial charge in [0.05, 0.1) is 17.3 Å². The second-order valence-electron chi connectivity index (χ2n) is 7.74. The summed E-state index contributed by atoms with van der Waals surface area (Å²) in [4.78, 5) is 9.07. The van der Waals surface area contributed by atoms with Crippen LogP contribution in [0.4, 0.5) is 17.6 Å². The molecule has 3 aromatic heterocycles. The van der Waals surface area contributed by atoms with Crippen LogP contribution < -0.4 is 10.6 Å². The molecule has 0 amide bonds. The van der Waals surface area contributed by atoms with E-state index in [0.717, 1.165) is 0 Å². The van der Waals surface area contributed by atoms with Crippen molar-refractivity contribution in [2.24, 2.45) is 5.92 Å². The Morgan fingerprint density at radius 3 is 2.71 bits per heavy atom. The third-order valence-electron chi connectivity index (χ3n) is 5.35. The Labute approximate surface area is 179 Å². The van der Waals surface area contributed by atoms with Crippen LogP contribution in [0.15, 0.2) is 48.8 Å². The number of hydrogen-bond donors (Lipinski definition) is 3. The molecular weight excluding hydrogens is 416 g/mol. The van der Waals surface area contributed by atoms with Crippen molar-refractivity contribution in [1.82, 2.24) is 29.4 Å². The van der Waals surface area contributed by atoms with Crippen molar-refractivity contribution in [3.63, 3.8) is 0 Å². The van der Waals surface area contributed by atoms with Gasteiger partial charge in [-0.2, -0.15) is 20.3 Å². The zero-order valence-corrected chi connectivity index (χ0v) is 17.7. The number of benzene rings is 1. The van der Waals surface area contributed by atoms with E-state index in [1.807, 2.05) is 18.2 Å². The van der Waals surface area contributed by atoms with E-state index >= 15 is 0 Å². The lowest BCUT2D eigenvalue weighted by Crippen LogP contribution is -2.19. The van der Waals surface area contributed by atoms with E-state index in [0.29, 0.717) is 34.2 Å². The number of hydrogen-bond acceptors (Lipinski definition) is 8. The van der Waals surface area contributed by atoms with Crippen LogP contribution in [0, 0.1) is 5.92 Å². The van der Waals surface area contributed by atoms with Gasteiger partial charge in [0.1, 0.15) is 5.82 Å². The van der Waals surface area contributed by atoms with E-state index < -0.39 is 10.0 Å². The quantitative estimate of drug-likeness (QED) is 0.383. The highest BCUT2D eigenvalue weighted by molar-refractivity contribution is 7.89. The largest absolute Gasteiger partial charge is 0.367 e. The molecule has 0 spiro atoms. The molecule has 3 heterocycles. The summed E-state index contributed by atoms with van der Waals surface area (Å²) in [5.74, 6) is 1.73. The van der Waals surface area contributed by atoms with Gasteiger partial charge in [-0.3, -0.25) is 0 Å². The topological polar surface area (TPSA) is 130 Å². The molecule has 4 aromatic rings. The molecule has 0 unspecified atom stereocenters. The minimum atomic E-state index is -3.69. The summed E-state index contributed by atoms with van der Waals surface area (Å²) in [6, 6.07) is 11.0. The molecule has 0 radical (unpaired) electrons. The molecule has 0 aliphatic heterocycles. The number of fused-ring (bicyclic) bond motifs is 1. The smallest absolute Gasteiger partial charge is 0.244 e. The van der Waals surface area contributed by atoms with Crippen LogP contribution in [-0.2, 0) is 15.8 Å². The predicted octanol–water partition coefficient (Wildman–Crippen LogP) is 2.88. The van der Waals surface area contributed by atoms with Crippen LogP contribution >= 0.6 is 0 Å². The second kappa shape index (κ2) is 7.65. The minimum Gasteiger partial charge on any atom is -0.367 e. The van der Waals surface area contributed by atoms with Crippen molar-refractivity contribution in [1.29, 1.82) is 0 Å². The highest BCUT2D eigenvalue weighted by Crippen LogP contribution is 2.35. The van der Waals surface area contributed by atoms with E-state index in [1.165, 1.54) is 29.2 Å². The molecule has 160 valence electrons. The summed E-state index contributed by atoms with van der Waals surface area (Å²) in [6.45, 7) is 2.11. The number of anilines is 3. The summed E-state index contributed by atoms with van der Waals surface area (Å²) < 4.78 is 27.6. The average Bonchev–Trinajstić information content (AvgIpc) is 3.30. The maximum Gasteiger partial charge on any atom is 0.244 e. The maximum absolute atomic E-state index is 13.2. The summed E-state index contributed by atoms with van der Waals surface area (Å²) in [5.41, 5.74) is 1.02. The average molecular weight is 439 g/mol. The number of rotatable bonds is 8. The zero-order chi connectivity index (χ0) is 21.4. The van der Waals surface area contributed by atoms with Gasteiger partial charge in [0.25, 0.3) is 0 Å². The fourth-order valence-electron chi connectivity index (χ4n) is 3.54. The maximum atomic E-state index is 13.2. The molecule has 10 nitrogen and oxygen atoms in total. The number of H-pyrrole nitrogens is 1. The van der Waals surface area contributed by atoms with E-state index in [9.17, 15) is 8.42 Å². The third-order valence-corrected chi connectivity index (χ3v) is 6.94. The van der Waals surface area contributed by atoms with E-state index in [4.69, 9.17) is 0 Å². The van der Waals surface area contributed by atoms with Gasteiger partial charge < -0.3 is 10.6 Å². The number of nitrogens with one attached hydrogen (secondary N) is 3. The van der Waals surface area contributed by atoms with Crippen LogP contribution in [0.5, 0.6) is 0 Å². The molecule has 1 aliphatic carbocycles. The number of nitrogens with zero attached hydrogens (tertiary/aromatic N) is 5. The van der Waals surface area contributed by atoms with Crippen molar-refractivity contribution in [2.45, 2.75) is 31.6 Å². The normalized spacial score (nSPS) is 15.1. The Balaban J connectivity index is 1.57. The lowest BCUT2D eigenvalue weighted by Gasteiger charge is -2.15. The van der Waals surface area contributed by atoms with Crippen LogP contribution in [0.25, 0.3) is 11.0 Å². The van der Waals surface area contributed by atoms with Crippen LogP contribution in [0.3, 0.4) is 0 Å². The van der Waals surface area contributed by atoms with Crippen LogP contribution in [0.1, 0.15) is 25.3 Å². The van der Waals surface area contributed by atoms with Gasteiger partial charge in [-0.05, 0) is 37.3 Å². The van der Waals surface area contributed by atoms with Gasteiger partial charge in [0.15, 0.2) is 11.5 Å². The molecule has 1 aliphatic rings. The molecule has 11 heteroatoms. The molecule has 1 aromatic carbocycles. The Hall–Kier alpha value is -3.47. The first-order valence-corrected chi connectivity index (χ1v) is 11.7. The first-order chi connectivity index (χ1) is 15.0. The van der Waals surface area contributed by atoms with Gasteiger partial charge in [-0.15, -0.1) is 5.10 Å². The van der Waals surface area contributed by atoms with Crippen molar-refractivity contribution in [2.75, 3.05) is 10.6 Å². The van der Waals surface area contributed by atoms with Gasteiger partial charge >= 0.3 is 0 Å². The van der Waals surface area contributed by atoms with Gasteiger partial charge in [-0.25, -0.2) is 12.4 Å². The molecule has 31 heavy (non-hydrogen) atoms. The van der Waals surface area contributed by atoms with Gasteiger partial charge in [0, 0.05) is 12.2 Å². The fraction of sp³-hybridized carbons (Fsp3) is 0.300. The lowest BCUT2D eigenvalue weighted by molar-refractivity contribution is 0.588. The van der Waals surface area contributed by atoms with Crippen LogP contribution in [0.2, 0.25) is 0 Å². The Bertz CT molecular complexity index is 1300. The first-order valence-electron chi connectivity index (χ1n) is 10.1.